The monoisotopic (exact) mass is 386 g/mol. The number of rotatable bonds is 7. The number of amides is 1. The van der Waals surface area contributed by atoms with Gasteiger partial charge in [-0.3, -0.25) is 4.79 Å². The summed E-state index contributed by atoms with van der Waals surface area (Å²) >= 11 is 0. The van der Waals surface area contributed by atoms with E-state index in [9.17, 15) is 13.2 Å². The van der Waals surface area contributed by atoms with Gasteiger partial charge in [0.05, 0.1) is 5.75 Å². The summed E-state index contributed by atoms with van der Waals surface area (Å²) < 4.78 is 27.1. The van der Waals surface area contributed by atoms with Crippen LogP contribution in [-0.4, -0.2) is 20.4 Å². The predicted octanol–water partition coefficient (Wildman–Crippen LogP) is 2.93. The van der Waals surface area contributed by atoms with Crippen molar-refractivity contribution in [3.05, 3.63) is 70.3 Å². The molecule has 0 bridgehead atoms. The Bertz CT molecular complexity index is 936. The summed E-state index contributed by atoms with van der Waals surface area (Å²) in [6.07, 6.45) is 3.26. The average Bonchev–Trinajstić information content (AvgIpc) is 3.06. The zero-order valence-corrected chi connectivity index (χ0v) is 16.6. The summed E-state index contributed by atoms with van der Waals surface area (Å²) in [5.41, 5.74) is 4.75. The van der Waals surface area contributed by atoms with Gasteiger partial charge in [0.2, 0.25) is 10.0 Å². The zero-order valence-electron chi connectivity index (χ0n) is 15.8. The third kappa shape index (κ3) is 5.17. The molecule has 1 amide bonds. The van der Waals surface area contributed by atoms with Gasteiger partial charge >= 0.3 is 0 Å². The Balaban J connectivity index is 1.68. The zero-order chi connectivity index (χ0) is 19.4. The van der Waals surface area contributed by atoms with E-state index < -0.39 is 10.0 Å². The van der Waals surface area contributed by atoms with Gasteiger partial charge in [0.1, 0.15) is 0 Å². The maximum atomic E-state index is 12.5. The molecular weight excluding hydrogens is 360 g/mol. The molecule has 0 heterocycles. The second kappa shape index (κ2) is 8.23. The van der Waals surface area contributed by atoms with Crippen LogP contribution in [0.5, 0.6) is 0 Å². The normalized spacial score (nSPS) is 13.6. The highest BCUT2D eigenvalue weighted by Crippen LogP contribution is 2.23. The van der Waals surface area contributed by atoms with E-state index in [1.54, 1.807) is 19.9 Å². The van der Waals surface area contributed by atoms with Gasteiger partial charge in [-0.1, -0.05) is 30.3 Å². The third-order valence-electron chi connectivity index (χ3n) is 4.68. The lowest BCUT2D eigenvalue weighted by molar-refractivity contribution is 0.0951. The number of carbonyl (C=O) groups excluding carboxylic acids is 1. The van der Waals surface area contributed by atoms with Crippen LogP contribution in [0.2, 0.25) is 0 Å². The predicted molar refractivity (Wildman–Crippen MR) is 107 cm³/mol. The van der Waals surface area contributed by atoms with Crippen LogP contribution in [0.1, 0.15) is 52.9 Å². The van der Waals surface area contributed by atoms with E-state index >= 15 is 0 Å². The summed E-state index contributed by atoms with van der Waals surface area (Å²) in [6, 6.07) is 13.0. The fraction of sp³-hybridized carbons (Fsp3) is 0.381. The fourth-order valence-corrected chi connectivity index (χ4v) is 4.96. The van der Waals surface area contributed by atoms with Crippen molar-refractivity contribution in [1.29, 1.82) is 0 Å². The Morgan fingerprint density at radius 2 is 1.74 bits per heavy atom. The first-order chi connectivity index (χ1) is 12.8. The number of nitrogens with one attached hydrogen (secondary N) is 2. The molecule has 0 saturated carbocycles. The van der Waals surface area contributed by atoms with Gasteiger partial charge in [-0.05, 0) is 67.5 Å². The van der Waals surface area contributed by atoms with E-state index in [0.717, 1.165) is 24.8 Å². The first-order valence-corrected chi connectivity index (χ1v) is 11.0. The van der Waals surface area contributed by atoms with Crippen molar-refractivity contribution in [3.63, 3.8) is 0 Å². The summed E-state index contributed by atoms with van der Waals surface area (Å²) in [6.45, 7) is 3.88. The van der Waals surface area contributed by atoms with E-state index in [2.05, 4.69) is 10.0 Å². The Kier molecular flexibility index (Phi) is 5.97. The molecule has 0 radical (unpaired) electrons. The van der Waals surface area contributed by atoms with Gasteiger partial charge in [-0.2, -0.15) is 0 Å². The first kappa shape index (κ1) is 19.6. The minimum Gasteiger partial charge on any atom is -0.348 e. The second-order valence-electron chi connectivity index (χ2n) is 7.32. The van der Waals surface area contributed by atoms with Crippen LogP contribution in [0.25, 0.3) is 0 Å². The number of fused-ring (bicyclic) bond motifs is 1. The van der Waals surface area contributed by atoms with Crippen LogP contribution in [-0.2, 0) is 35.2 Å². The molecule has 1 aliphatic rings. The molecule has 0 aliphatic heterocycles. The standard InChI is InChI=1S/C21H26N2O3S/c1-15(2)23-27(25,26)14-20-7-4-3-6-19(20)13-22-21(24)18-11-10-16-8-5-9-17(16)12-18/h3-4,6-7,10-12,15,23H,5,8-9,13-14H2,1-2H3,(H,22,24). The molecule has 6 heteroatoms. The molecule has 2 aromatic carbocycles. The summed E-state index contributed by atoms with van der Waals surface area (Å²) in [4.78, 5) is 12.5. The van der Waals surface area contributed by atoms with Crippen LogP contribution >= 0.6 is 0 Å². The van der Waals surface area contributed by atoms with Gasteiger partial charge in [0.15, 0.2) is 0 Å². The molecule has 2 aromatic rings. The van der Waals surface area contributed by atoms with Gasteiger partial charge in [-0.25, -0.2) is 13.1 Å². The van der Waals surface area contributed by atoms with E-state index in [4.69, 9.17) is 0 Å². The minimum absolute atomic E-state index is 0.101. The maximum Gasteiger partial charge on any atom is 0.251 e. The van der Waals surface area contributed by atoms with Gasteiger partial charge in [-0.15, -0.1) is 0 Å². The van der Waals surface area contributed by atoms with E-state index in [-0.39, 0.29) is 17.7 Å². The minimum atomic E-state index is -3.42. The van der Waals surface area contributed by atoms with E-state index in [1.165, 1.54) is 11.1 Å². The number of benzene rings is 2. The molecule has 3 rings (SSSR count). The molecule has 0 unspecified atom stereocenters. The molecule has 144 valence electrons. The lowest BCUT2D eigenvalue weighted by Crippen LogP contribution is -2.32. The number of carbonyl (C=O) groups is 1. The molecule has 0 atom stereocenters. The van der Waals surface area contributed by atoms with Crippen LogP contribution in [0.4, 0.5) is 0 Å². The maximum absolute atomic E-state index is 12.5. The average molecular weight is 387 g/mol. The summed E-state index contributed by atoms with van der Waals surface area (Å²) in [5, 5.41) is 2.92. The fourth-order valence-electron chi connectivity index (χ4n) is 3.47. The van der Waals surface area contributed by atoms with E-state index in [1.807, 2.05) is 36.4 Å². The largest absolute Gasteiger partial charge is 0.348 e. The molecule has 2 N–H and O–H groups in total. The van der Waals surface area contributed by atoms with E-state index in [0.29, 0.717) is 17.7 Å². The third-order valence-corrected chi connectivity index (χ3v) is 6.20. The lowest BCUT2D eigenvalue weighted by Gasteiger charge is -2.13. The lowest BCUT2D eigenvalue weighted by atomic mass is 10.1. The van der Waals surface area contributed by atoms with Crippen molar-refractivity contribution in [3.8, 4) is 0 Å². The van der Waals surface area contributed by atoms with Crippen molar-refractivity contribution >= 4 is 15.9 Å². The van der Waals surface area contributed by atoms with Crippen molar-refractivity contribution in [2.45, 2.75) is 51.4 Å². The van der Waals surface area contributed by atoms with Gasteiger partial charge in [0.25, 0.3) is 5.91 Å². The van der Waals surface area contributed by atoms with Crippen LogP contribution in [0.15, 0.2) is 42.5 Å². The summed E-state index contributed by atoms with van der Waals surface area (Å²) in [5.74, 6) is -0.238. The molecule has 27 heavy (non-hydrogen) atoms. The van der Waals surface area contributed by atoms with Gasteiger partial charge in [0, 0.05) is 18.2 Å². The topological polar surface area (TPSA) is 75.3 Å². The quantitative estimate of drug-likeness (QED) is 0.768. The highest BCUT2D eigenvalue weighted by Gasteiger charge is 2.17. The Hall–Kier alpha value is -2.18. The first-order valence-electron chi connectivity index (χ1n) is 9.31. The van der Waals surface area contributed by atoms with Crippen molar-refractivity contribution in [2.24, 2.45) is 0 Å². The SMILES string of the molecule is CC(C)NS(=O)(=O)Cc1ccccc1CNC(=O)c1ccc2c(c1)CCC2. The molecule has 5 nitrogen and oxygen atoms in total. The van der Waals surface area contributed by atoms with Crippen molar-refractivity contribution in [1.82, 2.24) is 10.0 Å². The Morgan fingerprint density at radius 1 is 1.04 bits per heavy atom. The molecule has 1 aliphatic carbocycles. The summed E-state index contributed by atoms with van der Waals surface area (Å²) in [7, 11) is -3.42. The number of sulfonamides is 1. The molecule has 0 fully saturated rings. The number of hydrogen-bond acceptors (Lipinski definition) is 3. The molecule has 0 spiro atoms. The van der Waals surface area contributed by atoms with Crippen LogP contribution in [0, 0.1) is 0 Å². The van der Waals surface area contributed by atoms with Crippen molar-refractivity contribution in [2.75, 3.05) is 0 Å². The number of hydrogen-bond donors (Lipinski definition) is 2. The Morgan fingerprint density at radius 3 is 2.48 bits per heavy atom. The van der Waals surface area contributed by atoms with Crippen molar-refractivity contribution < 1.29 is 13.2 Å². The highest BCUT2D eigenvalue weighted by atomic mass is 32.2. The molecule has 0 saturated heterocycles. The second-order valence-corrected chi connectivity index (χ2v) is 9.07. The smallest absolute Gasteiger partial charge is 0.251 e. The number of aryl methyl sites for hydroxylation is 2. The highest BCUT2D eigenvalue weighted by molar-refractivity contribution is 7.88. The van der Waals surface area contributed by atoms with Crippen LogP contribution < -0.4 is 10.0 Å². The van der Waals surface area contributed by atoms with Gasteiger partial charge < -0.3 is 5.32 Å². The van der Waals surface area contributed by atoms with Crippen LogP contribution in [0.3, 0.4) is 0 Å². The Labute approximate surface area is 161 Å². The molecule has 0 aromatic heterocycles. The molecular formula is C21H26N2O3S.